The van der Waals surface area contributed by atoms with E-state index in [0.29, 0.717) is 0 Å². The van der Waals surface area contributed by atoms with Crippen molar-refractivity contribution < 1.29 is 0 Å². The highest BCUT2D eigenvalue weighted by atomic mass is 14.9. The third-order valence-electron chi connectivity index (χ3n) is 5.85. The fraction of sp³-hybridized carbons (Fsp3) is 0.560. The normalized spacial score (nSPS) is 15.1. The first kappa shape index (κ1) is 20.0. The molecule has 0 unspecified atom stereocenters. The monoisotopic (exact) mass is 363 g/mol. The summed E-state index contributed by atoms with van der Waals surface area (Å²) in [6.45, 7) is 2.27. The van der Waals surface area contributed by atoms with E-state index < -0.39 is 0 Å². The van der Waals surface area contributed by atoms with E-state index >= 15 is 0 Å². The molecule has 0 aliphatic heterocycles. The van der Waals surface area contributed by atoms with Crippen molar-refractivity contribution in [2.45, 2.75) is 89.9 Å². The third kappa shape index (κ3) is 6.45. The van der Waals surface area contributed by atoms with Crippen LogP contribution >= 0.6 is 0 Å². The standard InChI is InChI=1S/C25H35N2/c1-2-3-4-5-6-7-9-12-21-19-26-25(27-20-21)24-17-15-23(16-18-24)22-13-10-8-11-14-22/h8,15-20,22H,2-7,9-14H2,1H3. The second kappa shape index (κ2) is 11.2. The third-order valence-corrected chi connectivity index (χ3v) is 5.85. The van der Waals surface area contributed by atoms with Gasteiger partial charge in [0.1, 0.15) is 0 Å². The van der Waals surface area contributed by atoms with Crippen LogP contribution in [-0.4, -0.2) is 9.97 Å². The van der Waals surface area contributed by atoms with Crippen LogP contribution in [0.4, 0.5) is 0 Å². The van der Waals surface area contributed by atoms with E-state index in [2.05, 4.69) is 47.6 Å². The largest absolute Gasteiger partial charge is 0.236 e. The van der Waals surface area contributed by atoms with Crippen molar-refractivity contribution in [1.82, 2.24) is 9.97 Å². The molecule has 3 rings (SSSR count). The number of unbranched alkanes of at least 4 members (excludes halogenated alkanes) is 6. The molecule has 1 aliphatic rings. The molecule has 1 saturated carbocycles. The molecule has 1 radical (unpaired) electrons. The molecule has 0 amide bonds. The van der Waals surface area contributed by atoms with Crippen molar-refractivity contribution in [3.63, 3.8) is 0 Å². The maximum Gasteiger partial charge on any atom is 0.159 e. The van der Waals surface area contributed by atoms with E-state index in [1.807, 2.05) is 12.4 Å². The van der Waals surface area contributed by atoms with Crippen LogP contribution in [0.15, 0.2) is 36.7 Å². The van der Waals surface area contributed by atoms with Gasteiger partial charge in [0.05, 0.1) is 0 Å². The molecule has 1 heterocycles. The molecule has 2 aromatic rings. The topological polar surface area (TPSA) is 25.8 Å². The molecule has 1 aliphatic carbocycles. The van der Waals surface area contributed by atoms with E-state index in [9.17, 15) is 0 Å². The average molecular weight is 364 g/mol. The van der Waals surface area contributed by atoms with Crippen molar-refractivity contribution in [3.05, 3.63) is 54.2 Å². The number of nitrogens with zero attached hydrogens (tertiary/aromatic N) is 2. The Bertz CT molecular complexity index is 639. The molecular formula is C25H35N2. The van der Waals surface area contributed by atoms with Gasteiger partial charge < -0.3 is 0 Å². The maximum atomic E-state index is 4.61. The molecule has 2 nitrogen and oxygen atoms in total. The molecule has 1 aromatic carbocycles. The number of rotatable bonds is 10. The summed E-state index contributed by atoms with van der Waals surface area (Å²) in [7, 11) is 0. The number of aryl methyl sites for hydroxylation is 1. The summed E-state index contributed by atoms with van der Waals surface area (Å²) >= 11 is 0. The molecule has 0 spiro atoms. The van der Waals surface area contributed by atoms with Crippen LogP contribution in [0.3, 0.4) is 0 Å². The van der Waals surface area contributed by atoms with Gasteiger partial charge in [-0.25, -0.2) is 9.97 Å². The van der Waals surface area contributed by atoms with Crippen LogP contribution in [0.5, 0.6) is 0 Å². The molecule has 1 aromatic heterocycles. The van der Waals surface area contributed by atoms with E-state index in [1.54, 1.807) is 0 Å². The lowest BCUT2D eigenvalue weighted by atomic mass is 9.84. The molecule has 0 saturated heterocycles. The van der Waals surface area contributed by atoms with Crippen molar-refractivity contribution >= 4 is 0 Å². The number of aromatic nitrogens is 2. The second-order valence-corrected chi connectivity index (χ2v) is 8.05. The molecular weight excluding hydrogens is 328 g/mol. The summed E-state index contributed by atoms with van der Waals surface area (Å²) in [5.74, 6) is 1.58. The second-order valence-electron chi connectivity index (χ2n) is 8.05. The van der Waals surface area contributed by atoms with Crippen molar-refractivity contribution in [1.29, 1.82) is 0 Å². The minimum atomic E-state index is 0.731. The number of benzene rings is 1. The fourth-order valence-electron chi connectivity index (χ4n) is 4.08. The van der Waals surface area contributed by atoms with Gasteiger partial charge in [0, 0.05) is 18.0 Å². The molecule has 0 atom stereocenters. The minimum absolute atomic E-state index is 0.731. The molecule has 0 N–H and O–H groups in total. The SMILES string of the molecule is CCCCCCCCCc1cnc(-c2ccc(C3CC[CH]CC3)cc2)nc1. The van der Waals surface area contributed by atoms with Crippen LogP contribution in [-0.2, 0) is 6.42 Å². The lowest BCUT2D eigenvalue weighted by Crippen LogP contribution is -2.04. The minimum Gasteiger partial charge on any atom is -0.236 e. The summed E-state index contributed by atoms with van der Waals surface area (Å²) in [6, 6.07) is 8.94. The van der Waals surface area contributed by atoms with Crippen LogP contribution in [0.25, 0.3) is 11.4 Å². The highest BCUT2D eigenvalue weighted by Crippen LogP contribution is 2.32. The first-order chi connectivity index (χ1) is 13.4. The van der Waals surface area contributed by atoms with Gasteiger partial charge in [-0.15, -0.1) is 0 Å². The van der Waals surface area contributed by atoms with Gasteiger partial charge in [0.15, 0.2) is 5.82 Å². The van der Waals surface area contributed by atoms with Crippen molar-refractivity contribution in [3.8, 4) is 11.4 Å². The summed E-state index contributed by atoms with van der Waals surface area (Å²) in [4.78, 5) is 9.23. The maximum absolute atomic E-state index is 4.61. The smallest absolute Gasteiger partial charge is 0.159 e. The van der Waals surface area contributed by atoms with E-state index in [-0.39, 0.29) is 0 Å². The molecule has 1 fully saturated rings. The summed E-state index contributed by atoms with van der Waals surface area (Å²) in [6.07, 6.45) is 22.1. The zero-order chi connectivity index (χ0) is 18.7. The average Bonchev–Trinajstić information content (AvgIpc) is 2.74. The van der Waals surface area contributed by atoms with E-state index in [0.717, 1.165) is 23.7 Å². The zero-order valence-corrected chi connectivity index (χ0v) is 17.0. The van der Waals surface area contributed by atoms with Gasteiger partial charge >= 0.3 is 0 Å². The molecule has 2 heteroatoms. The number of hydrogen-bond acceptors (Lipinski definition) is 2. The quantitative estimate of drug-likeness (QED) is 0.414. The predicted octanol–water partition coefficient (Wildman–Crippen LogP) is 7.30. The molecule has 27 heavy (non-hydrogen) atoms. The highest BCUT2D eigenvalue weighted by Gasteiger charge is 2.15. The Kier molecular flexibility index (Phi) is 8.32. The fourth-order valence-corrected chi connectivity index (χ4v) is 4.08. The summed E-state index contributed by atoms with van der Waals surface area (Å²) in [5.41, 5.74) is 3.87. The van der Waals surface area contributed by atoms with Crippen LogP contribution in [0.2, 0.25) is 0 Å². The van der Waals surface area contributed by atoms with Gasteiger partial charge in [0.2, 0.25) is 0 Å². The van der Waals surface area contributed by atoms with Gasteiger partial charge in [-0.1, -0.05) is 69.7 Å². The first-order valence-corrected chi connectivity index (χ1v) is 11.1. The Labute approximate surface area is 165 Å². The lowest BCUT2D eigenvalue weighted by molar-refractivity contribution is 0.512. The summed E-state index contributed by atoms with van der Waals surface area (Å²) in [5, 5.41) is 0. The Morgan fingerprint density at radius 3 is 2.11 bits per heavy atom. The zero-order valence-electron chi connectivity index (χ0n) is 17.0. The Hall–Kier alpha value is -1.70. The van der Waals surface area contributed by atoms with Gasteiger partial charge in [-0.2, -0.15) is 0 Å². The van der Waals surface area contributed by atoms with Gasteiger partial charge in [0.25, 0.3) is 0 Å². The van der Waals surface area contributed by atoms with Crippen molar-refractivity contribution in [2.75, 3.05) is 0 Å². The van der Waals surface area contributed by atoms with E-state index in [1.165, 1.54) is 81.8 Å². The van der Waals surface area contributed by atoms with Crippen LogP contribution < -0.4 is 0 Å². The predicted molar refractivity (Wildman–Crippen MR) is 115 cm³/mol. The van der Waals surface area contributed by atoms with Crippen molar-refractivity contribution in [2.24, 2.45) is 0 Å². The Balaban J connectivity index is 1.45. The molecule has 0 bridgehead atoms. The Morgan fingerprint density at radius 2 is 1.44 bits per heavy atom. The van der Waals surface area contributed by atoms with E-state index in [4.69, 9.17) is 0 Å². The van der Waals surface area contributed by atoms with Crippen LogP contribution in [0, 0.1) is 6.42 Å². The van der Waals surface area contributed by atoms with Gasteiger partial charge in [-0.05, 0) is 62.0 Å². The highest BCUT2D eigenvalue weighted by molar-refractivity contribution is 5.55. The first-order valence-electron chi connectivity index (χ1n) is 11.1. The lowest BCUT2D eigenvalue weighted by Gasteiger charge is -2.21. The number of hydrogen-bond donors (Lipinski definition) is 0. The van der Waals surface area contributed by atoms with Gasteiger partial charge in [-0.3, -0.25) is 0 Å². The van der Waals surface area contributed by atoms with Crippen LogP contribution in [0.1, 0.15) is 94.6 Å². The summed E-state index contributed by atoms with van der Waals surface area (Å²) < 4.78 is 0. The Morgan fingerprint density at radius 1 is 0.815 bits per heavy atom. The molecule has 145 valence electrons.